The van der Waals surface area contributed by atoms with Crippen LogP contribution in [0.2, 0.25) is 0 Å². The molecule has 32 heavy (non-hydrogen) atoms. The number of likely N-dealkylation sites (tertiary alicyclic amines) is 1. The summed E-state index contributed by atoms with van der Waals surface area (Å²) in [6.45, 7) is 5.56. The molecule has 0 aromatic heterocycles. The number of phenols is 1. The zero-order valence-corrected chi connectivity index (χ0v) is 18.3. The van der Waals surface area contributed by atoms with Gasteiger partial charge in [0.05, 0.1) is 11.8 Å². The Morgan fingerprint density at radius 2 is 1.81 bits per heavy atom. The van der Waals surface area contributed by atoms with Crippen molar-refractivity contribution in [1.82, 2.24) is 4.90 Å². The van der Waals surface area contributed by atoms with Crippen molar-refractivity contribution in [2.45, 2.75) is 39.5 Å². The maximum absolute atomic E-state index is 13.2. The molecule has 0 saturated carbocycles. The number of carbonyl (C=O) groups is 4. The minimum atomic E-state index is -0.508. The van der Waals surface area contributed by atoms with Gasteiger partial charge in [0, 0.05) is 29.2 Å². The second kappa shape index (κ2) is 7.12. The lowest BCUT2D eigenvalue weighted by Crippen LogP contribution is -2.39. The van der Waals surface area contributed by atoms with Crippen molar-refractivity contribution >= 4 is 23.4 Å². The van der Waals surface area contributed by atoms with Crippen LogP contribution < -0.4 is 0 Å². The van der Waals surface area contributed by atoms with E-state index >= 15 is 0 Å². The number of aromatic hydroxyl groups is 1. The van der Waals surface area contributed by atoms with Crippen molar-refractivity contribution in [2.75, 3.05) is 6.54 Å². The van der Waals surface area contributed by atoms with Gasteiger partial charge in [-0.25, -0.2) is 0 Å². The Morgan fingerprint density at radius 1 is 1.06 bits per heavy atom. The average Bonchev–Trinajstić information content (AvgIpc) is 3.02. The Bertz CT molecular complexity index is 1200. The van der Waals surface area contributed by atoms with E-state index in [4.69, 9.17) is 0 Å². The number of ketones is 2. The van der Waals surface area contributed by atoms with Crippen LogP contribution in [0.3, 0.4) is 0 Å². The summed E-state index contributed by atoms with van der Waals surface area (Å²) in [5.41, 5.74) is 3.74. The van der Waals surface area contributed by atoms with Crippen LogP contribution in [0.4, 0.5) is 0 Å². The fourth-order valence-corrected chi connectivity index (χ4v) is 6.00. The summed E-state index contributed by atoms with van der Waals surface area (Å²) in [4.78, 5) is 53.7. The molecule has 1 aliphatic heterocycles. The Hall–Kier alpha value is -3.28. The second-order valence-electron chi connectivity index (χ2n) is 9.20. The molecule has 2 amide bonds. The summed E-state index contributed by atoms with van der Waals surface area (Å²) >= 11 is 0. The van der Waals surface area contributed by atoms with Gasteiger partial charge >= 0.3 is 0 Å². The summed E-state index contributed by atoms with van der Waals surface area (Å²) < 4.78 is 0. The molecule has 1 fully saturated rings. The summed E-state index contributed by atoms with van der Waals surface area (Å²) in [7, 11) is 0. The highest BCUT2D eigenvalue weighted by Crippen LogP contribution is 2.55. The van der Waals surface area contributed by atoms with Crippen LogP contribution in [0, 0.1) is 24.7 Å². The van der Waals surface area contributed by atoms with Crippen LogP contribution in [-0.4, -0.2) is 39.9 Å². The lowest BCUT2D eigenvalue weighted by molar-refractivity contribution is -0.139. The number of nitrogens with zero attached hydrogens (tertiary/aromatic N) is 1. The Labute approximate surface area is 186 Å². The zero-order chi connectivity index (χ0) is 22.9. The maximum Gasteiger partial charge on any atom is 0.233 e. The normalized spacial score (nSPS) is 29.5. The highest BCUT2D eigenvalue weighted by Gasteiger charge is 2.55. The molecule has 164 valence electrons. The molecule has 1 saturated heterocycles. The smallest absolute Gasteiger partial charge is 0.233 e. The predicted molar refractivity (Wildman–Crippen MR) is 117 cm³/mol. The van der Waals surface area contributed by atoms with Gasteiger partial charge in [0.25, 0.3) is 0 Å². The molecule has 1 aromatic rings. The van der Waals surface area contributed by atoms with Gasteiger partial charge in [-0.05, 0) is 62.8 Å². The molecule has 6 nitrogen and oxygen atoms in total. The Morgan fingerprint density at radius 3 is 2.50 bits per heavy atom. The molecule has 0 unspecified atom stereocenters. The highest BCUT2D eigenvalue weighted by atomic mass is 16.3. The first-order valence-corrected chi connectivity index (χ1v) is 11.1. The molecule has 0 spiro atoms. The number of aryl methyl sites for hydroxylation is 1. The second-order valence-corrected chi connectivity index (χ2v) is 9.20. The molecule has 0 radical (unpaired) electrons. The number of fused-ring (bicyclic) bond motifs is 3. The van der Waals surface area contributed by atoms with Crippen LogP contribution >= 0.6 is 0 Å². The van der Waals surface area contributed by atoms with Crippen LogP contribution in [0.5, 0.6) is 5.75 Å². The number of allylic oxidation sites excluding steroid dienone is 6. The highest BCUT2D eigenvalue weighted by molar-refractivity contribution is 6.23. The first-order valence-electron chi connectivity index (χ1n) is 11.1. The van der Waals surface area contributed by atoms with Gasteiger partial charge in [0.15, 0.2) is 11.6 Å². The van der Waals surface area contributed by atoms with Crippen molar-refractivity contribution < 1.29 is 24.3 Å². The molecular weight excluding hydrogens is 406 g/mol. The summed E-state index contributed by atoms with van der Waals surface area (Å²) in [6.07, 6.45) is 4.15. The molecule has 6 heteroatoms. The first-order chi connectivity index (χ1) is 15.2. The molecule has 4 atom stereocenters. The minimum absolute atomic E-state index is 0.142. The van der Waals surface area contributed by atoms with Crippen LogP contribution in [0.15, 0.2) is 52.6 Å². The number of hydrogen-bond donors (Lipinski definition) is 1. The molecule has 1 heterocycles. The number of phenolic OH excluding ortho intramolecular Hbond substituents is 1. The number of imide groups is 1. The van der Waals surface area contributed by atoms with Gasteiger partial charge in [-0.2, -0.15) is 0 Å². The van der Waals surface area contributed by atoms with Crippen molar-refractivity contribution in [3.05, 3.63) is 63.8 Å². The lowest BCUT2D eigenvalue weighted by Gasteiger charge is -2.42. The van der Waals surface area contributed by atoms with Crippen molar-refractivity contribution in [3.63, 3.8) is 0 Å². The molecule has 3 aliphatic carbocycles. The van der Waals surface area contributed by atoms with E-state index in [1.807, 2.05) is 12.1 Å². The van der Waals surface area contributed by atoms with Gasteiger partial charge in [0.1, 0.15) is 5.75 Å². The van der Waals surface area contributed by atoms with Gasteiger partial charge in [-0.1, -0.05) is 23.8 Å². The SMILES string of the molecule is CCN1C(=O)[C@H]2[C@H](CC=C3[C@H](c4ccc(O)c(C)c4)C4=C(C[C@H]32)C(=O)C(C)=CC4=O)C1=O. The van der Waals surface area contributed by atoms with E-state index in [-0.39, 0.29) is 35.0 Å². The number of Topliss-reactive ketones (excluding diaryl/α,β-unsaturated/α-hetero) is 1. The van der Waals surface area contributed by atoms with Crippen LogP contribution in [0.25, 0.3) is 0 Å². The molecular formula is C26H25NO5. The van der Waals surface area contributed by atoms with E-state index in [0.717, 1.165) is 11.1 Å². The van der Waals surface area contributed by atoms with Crippen molar-refractivity contribution in [1.29, 1.82) is 0 Å². The monoisotopic (exact) mass is 431 g/mol. The number of benzene rings is 1. The fraction of sp³-hybridized carbons (Fsp3) is 0.385. The predicted octanol–water partition coefficient (Wildman–Crippen LogP) is 3.15. The van der Waals surface area contributed by atoms with Crippen molar-refractivity contribution in [2.24, 2.45) is 17.8 Å². The third-order valence-corrected chi connectivity index (χ3v) is 7.52. The summed E-state index contributed by atoms with van der Waals surface area (Å²) in [6, 6.07) is 5.21. The third kappa shape index (κ3) is 2.71. The largest absolute Gasteiger partial charge is 0.508 e. The fourth-order valence-electron chi connectivity index (χ4n) is 6.00. The Balaban J connectivity index is 1.71. The van der Waals surface area contributed by atoms with Crippen LogP contribution in [0.1, 0.15) is 43.7 Å². The minimum Gasteiger partial charge on any atom is -0.508 e. The van der Waals surface area contributed by atoms with E-state index in [9.17, 15) is 24.3 Å². The molecule has 1 aromatic carbocycles. The molecule has 1 N–H and O–H groups in total. The van der Waals surface area contributed by atoms with Gasteiger partial charge < -0.3 is 5.11 Å². The van der Waals surface area contributed by atoms with Gasteiger partial charge in [-0.15, -0.1) is 0 Å². The maximum atomic E-state index is 13.2. The zero-order valence-electron chi connectivity index (χ0n) is 18.3. The van der Waals surface area contributed by atoms with Crippen molar-refractivity contribution in [3.8, 4) is 5.75 Å². The van der Waals surface area contributed by atoms with Gasteiger partial charge in [-0.3, -0.25) is 24.1 Å². The number of hydrogen-bond acceptors (Lipinski definition) is 5. The molecule has 5 rings (SSSR count). The van der Waals surface area contributed by atoms with E-state index in [2.05, 4.69) is 0 Å². The summed E-state index contributed by atoms with van der Waals surface area (Å²) in [5.74, 6) is -2.20. The lowest BCUT2D eigenvalue weighted by atomic mass is 9.59. The van der Waals surface area contributed by atoms with E-state index in [1.54, 1.807) is 32.9 Å². The van der Waals surface area contributed by atoms with E-state index in [1.165, 1.54) is 11.0 Å². The molecule has 4 aliphatic rings. The molecule has 0 bridgehead atoms. The summed E-state index contributed by atoms with van der Waals surface area (Å²) in [5, 5.41) is 10.0. The quantitative estimate of drug-likeness (QED) is 0.441. The van der Waals surface area contributed by atoms with E-state index in [0.29, 0.717) is 41.7 Å². The standard InChI is InChI=1S/C26H25NO5/c1-4-27-25(31)16-7-6-15-17(22(16)26(27)32)11-18-23(20(29)10-13(3)24(18)30)21(15)14-5-8-19(28)12(2)9-14/h5-6,8-10,16-17,21-22,28H,4,7,11H2,1-3H3/t16-,17+,21-,22-/m0/s1. The van der Waals surface area contributed by atoms with Crippen LogP contribution in [-0.2, 0) is 19.2 Å². The topological polar surface area (TPSA) is 91.8 Å². The number of rotatable bonds is 2. The van der Waals surface area contributed by atoms with E-state index < -0.39 is 17.8 Å². The van der Waals surface area contributed by atoms with Gasteiger partial charge in [0.2, 0.25) is 11.8 Å². The average molecular weight is 431 g/mol. The first kappa shape index (κ1) is 20.6. The number of amides is 2. The number of carbonyl (C=O) groups excluding carboxylic acids is 4. The Kier molecular flexibility index (Phi) is 4.59. The third-order valence-electron chi connectivity index (χ3n) is 7.52.